The Morgan fingerprint density at radius 1 is 1.31 bits per heavy atom. The molecule has 0 saturated carbocycles. The van der Waals surface area contributed by atoms with Crippen LogP contribution in [0.5, 0.6) is 0 Å². The Morgan fingerprint density at radius 2 is 1.94 bits per heavy atom. The zero-order valence-electron chi connectivity index (χ0n) is 8.33. The van der Waals surface area contributed by atoms with E-state index in [0.717, 1.165) is 12.1 Å². The first kappa shape index (κ1) is 12.1. The molecular weight excluding hydrogens is 220 g/mol. The molecule has 0 aliphatic rings. The molecular formula is C10H9F2NO3. The van der Waals surface area contributed by atoms with Crippen LogP contribution in [0.25, 0.3) is 0 Å². The van der Waals surface area contributed by atoms with E-state index in [4.69, 9.17) is 5.11 Å². The maximum Gasteiger partial charge on any atom is 0.325 e. The van der Waals surface area contributed by atoms with Crippen LogP contribution in [-0.2, 0) is 4.79 Å². The summed E-state index contributed by atoms with van der Waals surface area (Å²) in [5.41, 5.74) is -0.132. The van der Waals surface area contributed by atoms with Gasteiger partial charge in [0.2, 0.25) is 0 Å². The van der Waals surface area contributed by atoms with Crippen molar-refractivity contribution in [1.29, 1.82) is 0 Å². The minimum atomic E-state index is -1.21. The maximum absolute atomic E-state index is 12.8. The van der Waals surface area contributed by atoms with Crippen molar-refractivity contribution in [2.45, 2.75) is 13.0 Å². The van der Waals surface area contributed by atoms with Gasteiger partial charge in [0.1, 0.15) is 6.04 Å². The monoisotopic (exact) mass is 229 g/mol. The lowest BCUT2D eigenvalue weighted by Gasteiger charge is -2.09. The summed E-state index contributed by atoms with van der Waals surface area (Å²) >= 11 is 0. The molecule has 0 fully saturated rings. The molecule has 0 unspecified atom stereocenters. The predicted molar refractivity (Wildman–Crippen MR) is 50.9 cm³/mol. The van der Waals surface area contributed by atoms with E-state index in [1.165, 1.54) is 6.92 Å². The van der Waals surface area contributed by atoms with E-state index < -0.39 is 29.6 Å². The van der Waals surface area contributed by atoms with Crippen LogP contribution in [0.2, 0.25) is 0 Å². The molecule has 1 aromatic carbocycles. The molecule has 86 valence electrons. The molecule has 0 radical (unpaired) electrons. The maximum atomic E-state index is 12.8. The summed E-state index contributed by atoms with van der Waals surface area (Å²) in [4.78, 5) is 21.8. The number of halogens is 2. The highest BCUT2D eigenvalue weighted by Crippen LogP contribution is 2.08. The van der Waals surface area contributed by atoms with E-state index in [0.29, 0.717) is 6.07 Å². The highest BCUT2D eigenvalue weighted by Gasteiger charge is 2.16. The molecule has 0 aliphatic heterocycles. The number of hydrogen-bond donors (Lipinski definition) is 2. The number of rotatable bonds is 3. The fourth-order valence-electron chi connectivity index (χ4n) is 0.979. The fourth-order valence-corrected chi connectivity index (χ4v) is 0.979. The van der Waals surface area contributed by atoms with Crippen LogP contribution in [0.4, 0.5) is 8.78 Å². The summed E-state index contributed by atoms with van der Waals surface area (Å²) in [5, 5.41) is 10.6. The Kier molecular flexibility index (Phi) is 3.55. The van der Waals surface area contributed by atoms with Crippen molar-refractivity contribution in [3.63, 3.8) is 0 Å². The SMILES string of the molecule is C[C@H](NC(=O)c1ccc(F)c(F)c1)C(=O)O. The highest BCUT2D eigenvalue weighted by molar-refractivity contribution is 5.96. The van der Waals surface area contributed by atoms with Crippen molar-refractivity contribution < 1.29 is 23.5 Å². The van der Waals surface area contributed by atoms with Gasteiger partial charge in [-0.25, -0.2) is 8.78 Å². The Hall–Kier alpha value is -1.98. The number of amides is 1. The first-order valence-corrected chi connectivity index (χ1v) is 4.40. The molecule has 0 spiro atoms. The number of aliphatic carboxylic acids is 1. The molecule has 0 aromatic heterocycles. The van der Waals surface area contributed by atoms with E-state index in [1.807, 2.05) is 0 Å². The molecule has 2 N–H and O–H groups in total. The van der Waals surface area contributed by atoms with Crippen molar-refractivity contribution in [2.24, 2.45) is 0 Å². The summed E-state index contributed by atoms with van der Waals surface area (Å²) in [7, 11) is 0. The first-order chi connectivity index (χ1) is 7.41. The van der Waals surface area contributed by atoms with Crippen molar-refractivity contribution in [3.05, 3.63) is 35.4 Å². The number of carbonyl (C=O) groups excluding carboxylic acids is 1. The Morgan fingerprint density at radius 3 is 2.44 bits per heavy atom. The number of carboxylic acid groups (broad SMARTS) is 1. The quantitative estimate of drug-likeness (QED) is 0.817. The van der Waals surface area contributed by atoms with E-state index in [-0.39, 0.29) is 5.56 Å². The molecule has 16 heavy (non-hydrogen) atoms. The Bertz CT molecular complexity index is 434. The van der Waals surface area contributed by atoms with Crippen LogP contribution < -0.4 is 5.32 Å². The second kappa shape index (κ2) is 4.69. The summed E-state index contributed by atoms with van der Waals surface area (Å²) in [6, 6.07) is 1.48. The van der Waals surface area contributed by atoms with Crippen LogP contribution in [0, 0.1) is 11.6 Å². The fraction of sp³-hybridized carbons (Fsp3) is 0.200. The second-order valence-corrected chi connectivity index (χ2v) is 3.16. The van der Waals surface area contributed by atoms with Crippen LogP contribution in [0.15, 0.2) is 18.2 Å². The van der Waals surface area contributed by atoms with Crippen LogP contribution in [0.1, 0.15) is 17.3 Å². The lowest BCUT2D eigenvalue weighted by Crippen LogP contribution is -2.38. The van der Waals surface area contributed by atoms with Gasteiger partial charge >= 0.3 is 5.97 Å². The number of benzene rings is 1. The summed E-state index contributed by atoms with van der Waals surface area (Å²) in [5.74, 6) is -4.21. The molecule has 1 rings (SSSR count). The topological polar surface area (TPSA) is 66.4 Å². The molecule has 4 nitrogen and oxygen atoms in total. The lowest BCUT2D eigenvalue weighted by atomic mass is 10.2. The summed E-state index contributed by atoms with van der Waals surface area (Å²) in [6.45, 7) is 1.26. The van der Waals surface area contributed by atoms with Gasteiger partial charge < -0.3 is 10.4 Å². The highest BCUT2D eigenvalue weighted by atomic mass is 19.2. The molecule has 0 heterocycles. The number of carbonyl (C=O) groups is 2. The average Bonchev–Trinajstić information content (AvgIpc) is 2.21. The molecule has 0 saturated heterocycles. The van der Waals surface area contributed by atoms with Gasteiger partial charge in [-0.3, -0.25) is 9.59 Å². The van der Waals surface area contributed by atoms with Gasteiger partial charge in [-0.2, -0.15) is 0 Å². The Balaban J connectivity index is 2.81. The van der Waals surface area contributed by atoms with E-state index >= 15 is 0 Å². The van der Waals surface area contributed by atoms with E-state index in [1.54, 1.807) is 0 Å². The minimum absolute atomic E-state index is 0.132. The number of hydrogen-bond acceptors (Lipinski definition) is 2. The normalized spacial score (nSPS) is 11.9. The van der Waals surface area contributed by atoms with Crippen molar-refractivity contribution in [3.8, 4) is 0 Å². The van der Waals surface area contributed by atoms with E-state index in [2.05, 4.69) is 5.32 Å². The van der Waals surface area contributed by atoms with Gasteiger partial charge in [-0.1, -0.05) is 0 Å². The minimum Gasteiger partial charge on any atom is -0.480 e. The summed E-state index contributed by atoms with van der Waals surface area (Å²) in [6.07, 6.45) is 0. The van der Waals surface area contributed by atoms with Crippen LogP contribution >= 0.6 is 0 Å². The summed E-state index contributed by atoms with van der Waals surface area (Å²) < 4.78 is 25.3. The zero-order chi connectivity index (χ0) is 12.3. The Labute approximate surface area is 89.9 Å². The molecule has 1 atom stereocenters. The smallest absolute Gasteiger partial charge is 0.325 e. The van der Waals surface area contributed by atoms with Crippen molar-refractivity contribution in [1.82, 2.24) is 5.32 Å². The molecule has 1 aromatic rings. The predicted octanol–water partition coefficient (Wildman–Crippen LogP) is 1.17. The number of carboxylic acids is 1. The largest absolute Gasteiger partial charge is 0.480 e. The molecule has 1 amide bonds. The van der Waals surface area contributed by atoms with Gasteiger partial charge in [0.25, 0.3) is 5.91 Å². The van der Waals surface area contributed by atoms with Crippen LogP contribution in [-0.4, -0.2) is 23.0 Å². The van der Waals surface area contributed by atoms with Gasteiger partial charge in [-0.15, -0.1) is 0 Å². The van der Waals surface area contributed by atoms with E-state index in [9.17, 15) is 18.4 Å². The second-order valence-electron chi connectivity index (χ2n) is 3.16. The van der Waals surface area contributed by atoms with Gasteiger partial charge in [-0.05, 0) is 25.1 Å². The standard InChI is InChI=1S/C10H9F2NO3/c1-5(10(15)16)13-9(14)6-2-3-7(11)8(12)4-6/h2-5H,1H3,(H,13,14)(H,15,16)/t5-/m0/s1. The third-order valence-corrected chi connectivity index (χ3v) is 1.90. The molecule has 0 bridgehead atoms. The van der Waals surface area contributed by atoms with Gasteiger partial charge in [0.15, 0.2) is 11.6 Å². The van der Waals surface area contributed by atoms with Gasteiger partial charge in [0.05, 0.1) is 0 Å². The third-order valence-electron chi connectivity index (χ3n) is 1.90. The first-order valence-electron chi connectivity index (χ1n) is 4.40. The third kappa shape index (κ3) is 2.75. The average molecular weight is 229 g/mol. The lowest BCUT2D eigenvalue weighted by molar-refractivity contribution is -0.138. The zero-order valence-corrected chi connectivity index (χ0v) is 8.33. The molecule has 0 aliphatic carbocycles. The van der Waals surface area contributed by atoms with Crippen molar-refractivity contribution >= 4 is 11.9 Å². The van der Waals surface area contributed by atoms with Gasteiger partial charge in [0, 0.05) is 5.56 Å². The number of nitrogens with one attached hydrogen (secondary N) is 1. The van der Waals surface area contributed by atoms with Crippen molar-refractivity contribution in [2.75, 3.05) is 0 Å². The molecule has 6 heteroatoms. The van der Waals surface area contributed by atoms with Crippen LogP contribution in [0.3, 0.4) is 0 Å².